The molecule has 1 aromatic carbocycles. The number of benzene rings is 1. The van der Waals surface area contributed by atoms with E-state index in [0.717, 1.165) is 16.9 Å². The molecule has 2 nitrogen and oxygen atoms in total. The van der Waals surface area contributed by atoms with Crippen LogP contribution in [0.4, 0.5) is 0 Å². The van der Waals surface area contributed by atoms with Gasteiger partial charge < -0.3 is 9.47 Å². The van der Waals surface area contributed by atoms with E-state index in [2.05, 4.69) is 19.8 Å². The molecule has 0 heterocycles. The topological polar surface area (TPSA) is 18.5 Å². The van der Waals surface area contributed by atoms with E-state index in [4.69, 9.17) is 15.9 Å². The van der Waals surface area contributed by atoms with E-state index in [0.29, 0.717) is 11.7 Å². The van der Waals surface area contributed by atoms with Crippen molar-refractivity contribution in [1.29, 1.82) is 0 Å². The van der Waals surface area contributed by atoms with Crippen LogP contribution < -0.4 is 9.47 Å². The van der Waals surface area contributed by atoms with Crippen LogP contribution in [-0.2, 0) is 0 Å². The summed E-state index contributed by atoms with van der Waals surface area (Å²) in [5.41, 5.74) is 1.87. The Bertz CT molecular complexity index is 386. The van der Waals surface area contributed by atoms with Crippen molar-refractivity contribution in [3.8, 4) is 23.8 Å². The van der Waals surface area contributed by atoms with Gasteiger partial charge in [-0.3, -0.25) is 0 Å². The molecule has 0 amide bonds. The number of hydrogen-bond donors (Lipinski definition) is 0. The molecule has 80 valence electrons. The van der Waals surface area contributed by atoms with Crippen LogP contribution in [0.15, 0.2) is 12.1 Å². The third-order valence-corrected chi connectivity index (χ3v) is 2.33. The highest BCUT2D eigenvalue weighted by Gasteiger charge is 2.12. The fraction of sp³-hybridized carbons (Fsp3) is 0.385. The number of ether oxygens (including phenoxy) is 2. The summed E-state index contributed by atoms with van der Waals surface area (Å²) in [4.78, 5) is 0. The minimum atomic E-state index is 0.373. The Hall–Kier alpha value is -1.62. The normalized spacial score (nSPS) is 9.87. The van der Waals surface area contributed by atoms with Crippen molar-refractivity contribution in [3.05, 3.63) is 23.3 Å². The maximum absolute atomic E-state index is 5.42. The number of methoxy groups -OCH3 is 2. The molecule has 0 saturated carbocycles. The van der Waals surface area contributed by atoms with Gasteiger partial charge in [-0.2, -0.15) is 0 Å². The Labute approximate surface area is 91.2 Å². The van der Waals surface area contributed by atoms with Gasteiger partial charge in [0.1, 0.15) is 11.5 Å². The molecule has 0 bridgehead atoms. The average Bonchev–Trinajstić information content (AvgIpc) is 2.26. The monoisotopic (exact) mass is 204 g/mol. The molecule has 0 aliphatic rings. The molecule has 0 radical (unpaired) electrons. The molecular weight excluding hydrogens is 188 g/mol. The summed E-state index contributed by atoms with van der Waals surface area (Å²) in [6, 6.07) is 3.78. The number of hydrogen-bond acceptors (Lipinski definition) is 2. The van der Waals surface area contributed by atoms with E-state index in [9.17, 15) is 0 Å². The Morgan fingerprint density at radius 3 is 2.13 bits per heavy atom. The first kappa shape index (κ1) is 11.5. The highest BCUT2D eigenvalue weighted by atomic mass is 16.5. The third-order valence-electron chi connectivity index (χ3n) is 2.33. The first-order valence-electron chi connectivity index (χ1n) is 4.86. The molecule has 0 atom stereocenters. The van der Waals surface area contributed by atoms with Crippen LogP contribution in [0.25, 0.3) is 0 Å². The molecule has 15 heavy (non-hydrogen) atoms. The van der Waals surface area contributed by atoms with Gasteiger partial charge in [0.15, 0.2) is 0 Å². The van der Waals surface area contributed by atoms with Crippen LogP contribution in [0.3, 0.4) is 0 Å². The summed E-state index contributed by atoms with van der Waals surface area (Å²) in [5, 5.41) is 0. The van der Waals surface area contributed by atoms with Gasteiger partial charge in [0.25, 0.3) is 0 Å². The molecule has 0 aromatic heterocycles. The molecule has 0 saturated heterocycles. The second kappa shape index (κ2) is 4.75. The van der Waals surface area contributed by atoms with Crippen LogP contribution in [0.5, 0.6) is 11.5 Å². The maximum Gasteiger partial charge on any atom is 0.138 e. The van der Waals surface area contributed by atoms with Gasteiger partial charge in [0, 0.05) is 6.07 Å². The minimum Gasteiger partial charge on any atom is -0.496 e. The fourth-order valence-corrected chi connectivity index (χ4v) is 1.49. The second-order valence-electron chi connectivity index (χ2n) is 3.59. The first-order chi connectivity index (χ1) is 7.13. The van der Waals surface area contributed by atoms with Crippen molar-refractivity contribution in [1.82, 2.24) is 0 Å². The maximum atomic E-state index is 5.42. The van der Waals surface area contributed by atoms with Crippen LogP contribution in [-0.4, -0.2) is 14.2 Å². The van der Waals surface area contributed by atoms with Gasteiger partial charge in [-0.1, -0.05) is 19.8 Å². The Kier molecular flexibility index (Phi) is 3.62. The fourth-order valence-electron chi connectivity index (χ4n) is 1.49. The quantitative estimate of drug-likeness (QED) is 0.705. The third kappa shape index (κ3) is 2.24. The summed E-state index contributed by atoms with van der Waals surface area (Å²) in [5.74, 6) is 4.49. The second-order valence-corrected chi connectivity index (χ2v) is 3.59. The van der Waals surface area contributed by atoms with E-state index < -0.39 is 0 Å². The van der Waals surface area contributed by atoms with Gasteiger partial charge in [-0.25, -0.2) is 0 Å². The lowest BCUT2D eigenvalue weighted by Crippen LogP contribution is -1.97. The van der Waals surface area contributed by atoms with Crippen molar-refractivity contribution in [2.24, 2.45) is 0 Å². The highest BCUT2D eigenvalue weighted by Crippen LogP contribution is 2.32. The first-order valence-corrected chi connectivity index (χ1v) is 4.86. The summed E-state index contributed by atoms with van der Waals surface area (Å²) >= 11 is 0. The largest absolute Gasteiger partial charge is 0.496 e. The van der Waals surface area contributed by atoms with Gasteiger partial charge >= 0.3 is 0 Å². The van der Waals surface area contributed by atoms with Crippen LogP contribution in [0.1, 0.15) is 30.9 Å². The van der Waals surface area contributed by atoms with Gasteiger partial charge in [-0.15, -0.1) is 6.42 Å². The zero-order valence-electron chi connectivity index (χ0n) is 9.63. The van der Waals surface area contributed by atoms with Gasteiger partial charge in [0.2, 0.25) is 0 Å². The molecule has 0 aliphatic heterocycles. The summed E-state index contributed by atoms with van der Waals surface area (Å²) < 4.78 is 10.5. The molecule has 1 aromatic rings. The predicted molar refractivity (Wildman–Crippen MR) is 61.6 cm³/mol. The SMILES string of the molecule is C#Cc1cc(C(C)C)c(OC)cc1OC. The lowest BCUT2D eigenvalue weighted by molar-refractivity contribution is 0.389. The summed E-state index contributed by atoms with van der Waals surface area (Å²) in [7, 11) is 3.25. The van der Waals surface area contributed by atoms with E-state index in [1.165, 1.54) is 0 Å². The zero-order valence-corrected chi connectivity index (χ0v) is 9.63. The van der Waals surface area contributed by atoms with Gasteiger partial charge in [-0.05, 0) is 17.5 Å². The molecule has 0 unspecified atom stereocenters. The van der Waals surface area contributed by atoms with E-state index in [1.807, 2.05) is 12.1 Å². The molecular formula is C13H16O2. The standard InChI is InChI=1S/C13H16O2/c1-6-10-7-11(9(2)3)13(15-5)8-12(10)14-4/h1,7-9H,2-5H3. The highest BCUT2D eigenvalue weighted by molar-refractivity contribution is 5.53. The Balaban J connectivity index is 3.36. The van der Waals surface area contributed by atoms with Crippen LogP contribution in [0.2, 0.25) is 0 Å². The van der Waals surface area contributed by atoms with Gasteiger partial charge in [0.05, 0.1) is 19.8 Å². The van der Waals surface area contributed by atoms with Crippen LogP contribution >= 0.6 is 0 Å². The van der Waals surface area contributed by atoms with E-state index >= 15 is 0 Å². The molecule has 0 fully saturated rings. The Morgan fingerprint density at radius 1 is 1.13 bits per heavy atom. The minimum absolute atomic E-state index is 0.373. The lowest BCUT2D eigenvalue weighted by atomic mass is 9.99. The zero-order chi connectivity index (χ0) is 11.4. The molecule has 0 spiro atoms. The summed E-state index contributed by atoms with van der Waals surface area (Å²) in [6.07, 6.45) is 5.42. The summed E-state index contributed by atoms with van der Waals surface area (Å²) in [6.45, 7) is 4.20. The van der Waals surface area contributed by atoms with Crippen molar-refractivity contribution in [2.75, 3.05) is 14.2 Å². The predicted octanol–water partition coefficient (Wildman–Crippen LogP) is 2.81. The number of terminal acetylenes is 1. The molecule has 0 N–H and O–H groups in total. The average molecular weight is 204 g/mol. The number of rotatable bonds is 3. The van der Waals surface area contributed by atoms with Crippen molar-refractivity contribution < 1.29 is 9.47 Å². The van der Waals surface area contributed by atoms with E-state index in [-0.39, 0.29) is 0 Å². The lowest BCUT2D eigenvalue weighted by Gasteiger charge is -2.14. The smallest absolute Gasteiger partial charge is 0.138 e. The van der Waals surface area contributed by atoms with E-state index in [1.54, 1.807) is 14.2 Å². The van der Waals surface area contributed by atoms with Crippen molar-refractivity contribution in [3.63, 3.8) is 0 Å². The van der Waals surface area contributed by atoms with Crippen molar-refractivity contribution in [2.45, 2.75) is 19.8 Å². The van der Waals surface area contributed by atoms with Crippen LogP contribution in [0, 0.1) is 12.3 Å². The molecule has 0 aliphatic carbocycles. The molecule has 1 rings (SSSR count). The molecule has 2 heteroatoms. The van der Waals surface area contributed by atoms with Crippen molar-refractivity contribution >= 4 is 0 Å². The Morgan fingerprint density at radius 2 is 1.73 bits per heavy atom.